The number of aromatic nitrogens is 2. The molecule has 1 aromatic carbocycles. The molecule has 2 aromatic rings. The first kappa shape index (κ1) is 15.0. The Hall–Kier alpha value is -2.40. The van der Waals surface area contributed by atoms with E-state index in [4.69, 9.17) is 5.11 Å². The minimum Gasteiger partial charge on any atom is -0.392 e. The molecule has 0 spiro atoms. The third-order valence-electron chi connectivity index (χ3n) is 3.34. The maximum Gasteiger partial charge on any atom is 0.248 e. The molecular formula is C16H19N3O2. The summed E-state index contributed by atoms with van der Waals surface area (Å²) in [6.07, 6.45) is 3.26. The molecule has 5 nitrogen and oxygen atoms in total. The summed E-state index contributed by atoms with van der Waals surface area (Å²) < 4.78 is 1.79. The molecule has 0 radical (unpaired) electrons. The van der Waals surface area contributed by atoms with E-state index in [1.165, 1.54) is 6.08 Å². The van der Waals surface area contributed by atoms with Crippen molar-refractivity contribution in [3.05, 3.63) is 52.9 Å². The van der Waals surface area contributed by atoms with Crippen LogP contribution >= 0.6 is 0 Å². The second-order valence-electron chi connectivity index (χ2n) is 4.89. The van der Waals surface area contributed by atoms with Crippen molar-refractivity contribution in [3.8, 4) is 0 Å². The Morgan fingerprint density at radius 2 is 2.19 bits per heavy atom. The van der Waals surface area contributed by atoms with Crippen LogP contribution in [0.1, 0.15) is 22.5 Å². The zero-order chi connectivity index (χ0) is 15.4. The highest BCUT2D eigenvalue weighted by Crippen LogP contribution is 2.14. The highest BCUT2D eigenvalue weighted by atomic mass is 16.3. The number of benzene rings is 1. The molecule has 2 N–H and O–H groups in total. The van der Waals surface area contributed by atoms with E-state index >= 15 is 0 Å². The highest BCUT2D eigenvalue weighted by molar-refractivity contribution is 6.02. The standard InChI is InChI=1S/C16H19N3O2/c1-11-15(12(2)19(3)18-11)7-8-16(21)17-14-6-4-5-13(9-14)10-20/h4-9,20H,10H2,1-3H3,(H,17,21)/b8-7+. The topological polar surface area (TPSA) is 67.2 Å². The number of nitrogens with zero attached hydrogens (tertiary/aromatic N) is 2. The van der Waals surface area contributed by atoms with Gasteiger partial charge in [0.15, 0.2) is 0 Å². The van der Waals surface area contributed by atoms with Crippen LogP contribution in [-0.2, 0) is 18.4 Å². The molecule has 0 aliphatic carbocycles. The molecule has 0 unspecified atom stereocenters. The summed E-state index contributed by atoms with van der Waals surface area (Å²) in [5.74, 6) is -0.215. The van der Waals surface area contributed by atoms with Gasteiger partial charge in [0.25, 0.3) is 0 Å². The van der Waals surface area contributed by atoms with Gasteiger partial charge < -0.3 is 10.4 Å². The van der Waals surface area contributed by atoms with Gasteiger partial charge in [-0.2, -0.15) is 5.10 Å². The van der Waals surface area contributed by atoms with Gasteiger partial charge in [0.1, 0.15) is 0 Å². The summed E-state index contributed by atoms with van der Waals surface area (Å²) >= 11 is 0. The molecule has 0 aliphatic heterocycles. The van der Waals surface area contributed by atoms with Gasteiger partial charge in [-0.15, -0.1) is 0 Å². The lowest BCUT2D eigenvalue weighted by Gasteiger charge is -2.03. The number of hydrogen-bond donors (Lipinski definition) is 2. The van der Waals surface area contributed by atoms with E-state index < -0.39 is 0 Å². The van der Waals surface area contributed by atoms with Crippen LogP contribution in [0.2, 0.25) is 0 Å². The Kier molecular flexibility index (Phi) is 4.55. The minimum absolute atomic E-state index is 0.0480. The quantitative estimate of drug-likeness (QED) is 0.846. The number of rotatable bonds is 4. The van der Waals surface area contributed by atoms with Crippen molar-refractivity contribution < 1.29 is 9.90 Å². The third-order valence-corrected chi connectivity index (χ3v) is 3.34. The second kappa shape index (κ2) is 6.37. The van der Waals surface area contributed by atoms with Gasteiger partial charge in [0, 0.05) is 30.1 Å². The van der Waals surface area contributed by atoms with E-state index in [2.05, 4.69) is 10.4 Å². The van der Waals surface area contributed by atoms with Crippen molar-refractivity contribution in [1.82, 2.24) is 9.78 Å². The average molecular weight is 285 g/mol. The molecular weight excluding hydrogens is 266 g/mol. The molecule has 2 rings (SSSR count). The smallest absolute Gasteiger partial charge is 0.248 e. The number of amides is 1. The summed E-state index contributed by atoms with van der Waals surface area (Å²) in [5, 5.41) is 16.1. The van der Waals surface area contributed by atoms with Crippen LogP contribution in [-0.4, -0.2) is 20.8 Å². The Labute approximate surface area is 123 Å². The van der Waals surface area contributed by atoms with Crippen molar-refractivity contribution in [3.63, 3.8) is 0 Å². The molecule has 0 saturated heterocycles. The van der Waals surface area contributed by atoms with Crippen molar-refractivity contribution in [1.29, 1.82) is 0 Å². The van der Waals surface area contributed by atoms with Crippen molar-refractivity contribution in [2.45, 2.75) is 20.5 Å². The number of nitrogens with one attached hydrogen (secondary N) is 1. The summed E-state index contributed by atoms with van der Waals surface area (Å²) in [4.78, 5) is 11.9. The van der Waals surface area contributed by atoms with Crippen LogP contribution < -0.4 is 5.32 Å². The van der Waals surface area contributed by atoms with Gasteiger partial charge in [-0.3, -0.25) is 9.48 Å². The lowest BCUT2D eigenvalue weighted by atomic mass is 10.2. The Balaban J connectivity index is 2.09. The number of hydrogen-bond acceptors (Lipinski definition) is 3. The number of aliphatic hydroxyl groups is 1. The molecule has 0 fully saturated rings. The molecule has 1 amide bonds. The van der Waals surface area contributed by atoms with Crippen LogP contribution in [0.5, 0.6) is 0 Å². The molecule has 5 heteroatoms. The van der Waals surface area contributed by atoms with Crippen LogP contribution in [0.3, 0.4) is 0 Å². The van der Waals surface area contributed by atoms with Gasteiger partial charge in [-0.25, -0.2) is 0 Å². The fraction of sp³-hybridized carbons (Fsp3) is 0.250. The van der Waals surface area contributed by atoms with E-state index in [-0.39, 0.29) is 12.5 Å². The van der Waals surface area contributed by atoms with Gasteiger partial charge in [0.05, 0.1) is 12.3 Å². The largest absolute Gasteiger partial charge is 0.392 e. The van der Waals surface area contributed by atoms with Crippen LogP contribution in [0.4, 0.5) is 5.69 Å². The molecule has 110 valence electrons. The zero-order valence-corrected chi connectivity index (χ0v) is 12.4. The van der Waals surface area contributed by atoms with Crippen molar-refractivity contribution in [2.75, 3.05) is 5.32 Å². The maximum atomic E-state index is 11.9. The lowest BCUT2D eigenvalue weighted by Crippen LogP contribution is -2.08. The van der Waals surface area contributed by atoms with E-state index in [9.17, 15) is 4.79 Å². The Morgan fingerprint density at radius 1 is 1.43 bits per heavy atom. The molecule has 0 saturated carbocycles. The maximum absolute atomic E-state index is 11.9. The number of carbonyl (C=O) groups excluding carboxylic acids is 1. The predicted molar refractivity (Wildman–Crippen MR) is 82.7 cm³/mol. The Bertz CT molecular complexity index is 687. The first-order valence-electron chi connectivity index (χ1n) is 6.70. The molecule has 0 aliphatic rings. The van der Waals surface area contributed by atoms with Crippen LogP contribution in [0.15, 0.2) is 30.3 Å². The fourth-order valence-corrected chi connectivity index (χ4v) is 2.12. The summed E-state index contributed by atoms with van der Waals surface area (Å²) in [5.41, 5.74) is 4.28. The third kappa shape index (κ3) is 3.58. The average Bonchev–Trinajstić information content (AvgIpc) is 2.70. The second-order valence-corrected chi connectivity index (χ2v) is 4.89. The van der Waals surface area contributed by atoms with Gasteiger partial charge in [0.2, 0.25) is 5.91 Å². The SMILES string of the molecule is Cc1nn(C)c(C)c1/C=C/C(=O)Nc1cccc(CO)c1. The summed E-state index contributed by atoms with van der Waals surface area (Å²) in [6, 6.07) is 7.12. The number of anilines is 1. The molecule has 1 aromatic heterocycles. The van der Waals surface area contributed by atoms with Gasteiger partial charge >= 0.3 is 0 Å². The zero-order valence-electron chi connectivity index (χ0n) is 12.4. The number of aliphatic hydroxyl groups excluding tert-OH is 1. The van der Waals surface area contributed by atoms with Gasteiger partial charge in [-0.1, -0.05) is 12.1 Å². The molecule has 0 bridgehead atoms. The molecule has 1 heterocycles. The first-order chi connectivity index (χ1) is 10.0. The highest BCUT2D eigenvalue weighted by Gasteiger charge is 2.06. The molecule has 0 atom stereocenters. The van der Waals surface area contributed by atoms with E-state index in [1.54, 1.807) is 35.0 Å². The normalized spacial score (nSPS) is 11.0. The van der Waals surface area contributed by atoms with Crippen molar-refractivity contribution >= 4 is 17.7 Å². The number of carbonyl (C=O) groups is 1. The van der Waals surface area contributed by atoms with E-state index in [0.29, 0.717) is 5.69 Å². The predicted octanol–water partition coefficient (Wildman–Crippen LogP) is 2.18. The minimum atomic E-state index is -0.215. The first-order valence-corrected chi connectivity index (χ1v) is 6.70. The van der Waals surface area contributed by atoms with E-state index in [0.717, 1.165) is 22.5 Å². The Morgan fingerprint density at radius 3 is 2.81 bits per heavy atom. The van der Waals surface area contributed by atoms with Crippen molar-refractivity contribution in [2.24, 2.45) is 7.05 Å². The number of aryl methyl sites for hydroxylation is 2. The summed E-state index contributed by atoms with van der Waals surface area (Å²) in [6.45, 7) is 3.82. The molecule has 21 heavy (non-hydrogen) atoms. The lowest BCUT2D eigenvalue weighted by molar-refractivity contribution is -0.111. The van der Waals surface area contributed by atoms with Gasteiger partial charge in [-0.05, 0) is 37.6 Å². The van der Waals surface area contributed by atoms with E-state index in [1.807, 2.05) is 20.9 Å². The monoisotopic (exact) mass is 285 g/mol. The van der Waals surface area contributed by atoms with Crippen LogP contribution in [0.25, 0.3) is 6.08 Å². The summed E-state index contributed by atoms with van der Waals surface area (Å²) in [7, 11) is 1.88. The fourth-order valence-electron chi connectivity index (χ4n) is 2.12. The van der Waals surface area contributed by atoms with Crippen LogP contribution in [0, 0.1) is 13.8 Å².